The molecule has 0 amide bonds. The number of hydrogen-bond donors (Lipinski definition) is 0. The first-order valence-corrected chi connectivity index (χ1v) is 16.7. The number of hydrogen-bond acceptors (Lipinski definition) is 4. The topological polar surface area (TPSA) is 36.9 Å². The Bertz CT molecular complexity index is 1140. The summed E-state index contributed by atoms with van der Waals surface area (Å²) in [6.45, 7) is 3.84. The first-order chi connectivity index (χ1) is 19.5. The summed E-state index contributed by atoms with van der Waals surface area (Å²) in [5.41, 5.74) is 0. The van der Waals surface area contributed by atoms with Gasteiger partial charge in [-0.2, -0.15) is 0 Å². The molecule has 1 aliphatic rings. The minimum Gasteiger partial charge on any atom is -0.349 e. The molecule has 0 aliphatic carbocycles. The average Bonchev–Trinajstić information content (AvgIpc) is 3.02. The van der Waals surface area contributed by atoms with Crippen molar-refractivity contribution in [1.29, 1.82) is 0 Å². The van der Waals surface area contributed by atoms with Crippen LogP contribution in [0.1, 0.15) is 13.8 Å². The van der Waals surface area contributed by atoms with Crippen LogP contribution in [0.3, 0.4) is 0 Å². The molecule has 0 radical (unpaired) electrons. The molecule has 1 aliphatic heterocycles. The smallest absolute Gasteiger partial charge is 0.220 e. The third-order valence-electron chi connectivity index (χ3n) is 7.77. The molecule has 1 fully saturated rings. The second-order valence-corrected chi connectivity index (χ2v) is 14.7. The maximum absolute atomic E-state index is 6.94. The number of benzene rings is 4. The van der Waals surface area contributed by atoms with Gasteiger partial charge < -0.3 is 18.9 Å². The lowest BCUT2D eigenvalue weighted by Crippen LogP contribution is -2.66. The third-order valence-corrected chi connectivity index (χ3v) is 12.9. The average molecular weight is 573 g/mol. The highest BCUT2D eigenvalue weighted by Gasteiger charge is 2.57. The van der Waals surface area contributed by atoms with E-state index in [4.69, 9.17) is 18.9 Å². The molecule has 4 aromatic rings. The van der Waals surface area contributed by atoms with Crippen molar-refractivity contribution in [2.75, 3.05) is 26.5 Å². The van der Waals surface area contributed by atoms with Crippen molar-refractivity contribution in [3.05, 3.63) is 121 Å². The first kappa shape index (κ1) is 29.1. The molecule has 6 heteroatoms. The highest BCUT2D eigenvalue weighted by Crippen LogP contribution is 2.47. The SMILES string of the molecule is CO[C@]1(C)O[C@H](CP(c2ccccc2)c2ccccc2)[C@@H](CP(c2ccccc2)c2ccccc2)O[C@@]1(C)OC. The molecule has 0 aromatic heterocycles. The third kappa shape index (κ3) is 6.24. The van der Waals surface area contributed by atoms with E-state index in [1.807, 2.05) is 13.8 Å². The largest absolute Gasteiger partial charge is 0.349 e. The van der Waals surface area contributed by atoms with Gasteiger partial charge in [0.1, 0.15) is 0 Å². The van der Waals surface area contributed by atoms with Gasteiger partial charge in [0.25, 0.3) is 0 Å². The Kier molecular flexibility index (Phi) is 9.49. The van der Waals surface area contributed by atoms with Crippen molar-refractivity contribution in [3.63, 3.8) is 0 Å². The van der Waals surface area contributed by atoms with Gasteiger partial charge >= 0.3 is 0 Å². The summed E-state index contributed by atoms with van der Waals surface area (Å²) in [5, 5.41) is 5.27. The van der Waals surface area contributed by atoms with E-state index in [2.05, 4.69) is 121 Å². The Morgan fingerprint density at radius 2 is 0.750 bits per heavy atom. The fraction of sp³-hybridized carbons (Fsp3) is 0.294. The van der Waals surface area contributed by atoms with E-state index in [1.165, 1.54) is 21.2 Å². The zero-order valence-electron chi connectivity index (χ0n) is 23.6. The minimum absolute atomic E-state index is 0.211. The Balaban J connectivity index is 1.55. The molecule has 4 aromatic carbocycles. The molecule has 1 heterocycles. The van der Waals surface area contributed by atoms with E-state index in [0.717, 1.165) is 12.3 Å². The number of ether oxygens (including phenoxy) is 4. The van der Waals surface area contributed by atoms with Gasteiger partial charge in [0.05, 0.1) is 12.2 Å². The lowest BCUT2D eigenvalue weighted by molar-refractivity contribution is -0.442. The van der Waals surface area contributed by atoms with Gasteiger partial charge in [-0.15, -0.1) is 0 Å². The van der Waals surface area contributed by atoms with Gasteiger partial charge in [-0.1, -0.05) is 121 Å². The standard InChI is InChI=1S/C34H38O4P2/c1-33(35-3)34(2,36-4)38-32(26-40(29-21-13-7-14-22-29)30-23-15-8-16-24-30)31(37-33)25-39(27-17-9-5-10-18-27)28-19-11-6-12-20-28/h5-24,31-32H,25-26H2,1-4H3/t31-,32-,33-,34-/m1/s1. The molecule has 0 spiro atoms. The van der Waals surface area contributed by atoms with Crippen LogP contribution in [0, 0.1) is 0 Å². The monoisotopic (exact) mass is 572 g/mol. The molecule has 0 bridgehead atoms. The number of methoxy groups -OCH3 is 2. The van der Waals surface area contributed by atoms with Crippen LogP contribution in [-0.4, -0.2) is 50.3 Å². The normalized spacial score (nSPS) is 24.9. The lowest BCUT2D eigenvalue weighted by Gasteiger charge is -2.53. The van der Waals surface area contributed by atoms with E-state index >= 15 is 0 Å². The summed E-state index contributed by atoms with van der Waals surface area (Å²) in [7, 11) is 1.91. The van der Waals surface area contributed by atoms with E-state index in [1.54, 1.807) is 14.2 Å². The second-order valence-electron chi connectivity index (χ2n) is 10.2. The van der Waals surface area contributed by atoms with Crippen LogP contribution >= 0.6 is 15.8 Å². The highest BCUT2D eigenvalue weighted by atomic mass is 31.1. The molecule has 208 valence electrons. The Morgan fingerprint density at radius 3 is 0.975 bits per heavy atom. The molecule has 0 N–H and O–H groups in total. The van der Waals surface area contributed by atoms with Crippen LogP contribution in [0.15, 0.2) is 121 Å². The van der Waals surface area contributed by atoms with E-state index in [0.29, 0.717) is 0 Å². The molecule has 4 atom stereocenters. The van der Waals surface area contributed by atoms with Crippen molar-refractivity contribution in [2.24, 2.45) is 0 Å². The summed E-state index contributed by atoms with van der Waals surface area (Å²) in [5.74, 6) is -2.14. The lowest BCUT2D eigenvalue weighted by atomic mass is 10.0. The van der Waals surface area contributed by atoms with Gasteiger partial charge in [0.15, 0.2) is 0 Å². The molecule has 1 saturated heterocycles. The van der Waals surface area contributed by atoms with Crippen molar-refractivity contribution in [3.8, 4) is 0 Å². The second kappa shape index (κ2) is 13.0. The molecular weight excluding hydrogens is 534 g/mol. The Hall–Kier alpha value is -2.42. The van der Waals surface area contributed by atoms with Crippen LogP contribution < -0.4 is 21.2 Å². The van der Waals surface area contributed by atoms with E-state index in [9.17, 15) is 0 Å². The summed E-state index contributed by atoms with van der Waals surface area (Å²) in [6, 6.07) is 43.1. The van der Waals surface area contributed by atoms with E-state index < -0.39 is 27.4 Å². The summed E-state index contributed by atoms with van der Waals surface area (Å²) in [6.07, 6.45) is 1.19. The Labute approximate surface area is 241 Å². The van der Waals surface area contributed by atoms with Gasteiger partial charge in [0.2, 0.25) is 11.6 Å². The molecule has 40 heavy (non-hydrogen) atoms. The predicted octanol–water partition coefficient (Wildman–Crippen LogP) is 5.76. The van der Waals surface area contributed by atoms with Crippen molar-refractivity contribution in [2.45, 2.75) is 37.6 Å². The zero-order valence-corrected chi connectivity index (χ0v) is 25.4. The van der Waals surface area contributed by atoms with Crippen LogP contribution in [0.25, 0.3) is 0 Å². The maximum Gasteiger partial charge on any atom is 0.220 e. The van der Waals surface area contributed by atoms with Gasteiger partial charge in [-0.3, -0.25) is 0 Å². The van der Waals surface area contributed by atoms with Crippen LogP contribution in [0.2, 0.25) is 0 Å². The molecular formula is C34H38O4P2. The molecule has 0 unspecified atom stereocenters. The van der Waals surface area contributed by atoms with Crippen LogP contribution in [-0.2, 0) is 18.9 Å². The first-order valence-electron chi connectivity index (χ1n) is 13.7. The van der Waals surface area contributed by atoms with Crippen molar-refractivity contribution < 1.29 is 18.9 Å². The van der Waals surface area contributed by atoms with Crippen molar-refractivity contribution >= 4 is 37.1 Å². The summed E-state index contributed by atoms with van der Waals surface area (Å²) < 4.78 is 25.8. The quantitative estimate of drug-likeness (QED) is 0.227. The van der Waals surface area contributed by atoms with Gasteiger partial charge in [-0.05, 0) is 50.9 Å². The molecule has 4 nitrogen and oxygen atoms in total. The molecule has 5 rings (SSSR count). The minimum atomic E-state index is -1.07. The van der Waals surface area contributed by atoms with Crippen LogP contribution in [0.5, 0.6) is 0 Å². The maximum atomic E-state index is 6.94. The summed E-state index contributed by atoms with van der Waals surface area (Å²) in [4.78, 5) is 0. The van der Waals surface area contributed by atoms with Crippen LogP contribution in [0.4, 0.5) is 0 Å². The van der Waals surface area contributed by atoms with Gasteiger partial charge in [0, 0.05) is 26.5 Å². The summed E-state index contributed by atoms with van der Waals surface area (Å²) >= 11 is 0. The molecule has 0 saturated carbocycles. The number of rotatable bonds is 10. The van der Waals surface area contributed by atoms with E-state index in [-0.39, 0.29) is 12.2 Å². The highest BCUT2D eigenvalue weighted by molar-refractivity contribution is 7.73. The Morgan fingerprint density at radius 1 is 0.500 bits per heavy atom. The fourth-order valence-corrected chi connectivity index (χ4v) is 10.1. The van der Waals surface area contributed by atoms with Crippen molar-refractivity contribution in [1.82, 2.24) is 0 Å². The zero-order chi connectivity index (χ0) is 28.0. The predicted molar refractivity (Wildman–Crippen MR) is 168 cm³/mol. The fourth-order valence-electron chi connectivity index (χ4n) is 5.23. The van der Waals surface area contributed by atoms with Gasteiger partial charge in [-0.25, -0.2) is 0 Å².